The SMILES string of the molecule is CC(C)(C(=O)c1ccc2c(c1)Oc1cc(C(=O)c3ccccc3)ccc1S2)N1CCOCC1. The molecule has 0 atom stereocenters. The molecular formula is C27H25NO4S. The lowest BCUT2D eigenvalue weighted by atomic mass is 9.90. The molecule has 1 fully saturated rings. The number of fused-ring (bicyclic) bond motifs is 2. The van der Waals surface area contributed by atoms with E-state index >= 15 is 0 Å². The molecule has 3 aromatic rings. The molecule has 0 aliphatic carbocycles. The van der Waals surface area contributed by atoms with Crippen LogP contribution in [0.15, 0.2) is 76.5 Å². The quantitative estimate of drug-likeness (QED) is 0.369. The Bertz CT molecular complexity index is 1220. The van der Waals surface area contributed by atoms with Crippen LogP contribution in [0.4, 0.5) is 0 Å². The van der Waals surface area contributed by atoms with Gasteiger partial charge in [-0.25, -0.2) is 0 Å². The Labute approximate surface area is 197 Å². The number of nitrogens with zero attached hydrogens (tertiary/aromatic N) is 1. The standard InChI is InChI=1S/C27H25NO4S/c1-27(2,28-12-14-31-15-13-28)26(30)20-9-11-24-22(17-20)32-21-16-19(8-10-23(21)33-24)25(29)18-6-4-3-5-7-18/h3-11,16-17H,12-15H2,1-2H3. The van der Waals surface area contributed by atoms with E-state index in [1.807, 2.05) is 62.4 Å². The first-order valence-corrected chi connectivity index (χ1v) is 11.9. The number of hydrogen-bond donors (Lipinski definition) is 0. The topological polar surface area (TPSA) is 55.8 Å². The van der Waals surface area contributed by atoms with Crippen LogP contribution in [0, 0.1) is 0 Å². The first kappa shape index (κ1) is 21.9. The number of morpholine rings is 1. The van der Waals surface area contributed by atoms with E-state index in [9.17, 15) is 9.59 Å². The Kier molecular flexibility index (Phi) is 5.83. The van der Waals surface area contributed by atoms with Crippen LogP contribution < -0.4 is 4.74 Å². The summed E-state index contributed by atoms with van der Waals surface area (Å²) in [5, 5.41) is 0. The summed E-state index contributed by atoms with van der Waals surface area (Å²) in [6.07, 6.45) is 0. The number of ketones is 2. The van der Waals surface area contributed by atoms with E-state index in [2.05, 4.69) is 4.90 Å². The Morgan fingerprint density at radius 3 is 2.09 bits per heavy atom. The molecular weight excluding hydrogens is 434 g/mol. The van der Waals surface area contributed by atoms with E-state index < -0.39 is 5.54 Å². The summed E-state index contributed by atoms with van der Waals surface area (Å²) in [6, 6.07) is 20.4. The highest BCUT2D eigenvalue weighted by Crippen LogP contribution is 2.47. The average Bonchev–Trinajstić information content (AvgIpc) is 2.87. The van der Waals surface area contributed by atoms with E-state index in [1.165, 1.54) is 0 Å². The first-order valence-electron chi connectivity index (χ1n) is 11.0. The predicted molar refractivity (Wildman–Crippen MR) is 128 cm³/mol. The first-order chi connectivity index (χ1) is 15.9. The number of benzene rings is 3. The van der Waals surface area contributed by atoms with E-state index in [-0.39, 0.29) is 11.6 Å². The molecule has 2 aliphatic rings. The fraction of sp³-hybridized carbons (Fsp3) is 0.259. The third-order valence-electron chi connectivity index (χ3n) is 6.24. The van der Waals surface area contributed by atoms with Crippen molar-refractivity contribution in [3.63, 3.8) is 0 Å². The number of ether oxygens (including phenoxy) is 2. The number of Topliss-reactive ketones (excluding diaryl/α,β-unsaturated/α-hetero) is 1. The van der Waals surface area contributed by atoms with Crippen LogP contribution >= 0.6 is 11.8 Å². The van der Waals surface area contributed by atoms with Crippen molar-refractivity contribution in [1.82, 2.24) is 4.90 Å². The highest BCUT2D eigenvalue weighted by atomic mass is 32.2. The lowest BCUT2D eigenvalue weighted by Gasteiger charge is -2.39. The molecule has 33 heavy (non-hydrogen) atoms. The molecule has 0 aromatic heterocycles. The molecule has 2 heterocycles. The van der Waals surface area contributed by atoms with E-state index in [0.717, 1.165) is 22.9 Å². The van der Waals surface area contributed by atoms with Gasteiger partial charge < -0.3 is 9.47 Å². The summed E-state index contributed by atoms with van der Waals surface area (Å²) in [4.78, 5) is 30.3. The zero-order chi connectivity index (χ0) is 23.0. The Balaban J connectivity index is 1.40. The van der Waals surface area contributed by atoms with Gasteiger partial charge in [-0.1, -0.05) is 42.1 Å². The lowest BCUT2D eigenvalue weighted by molar-refractivity contribution is -0.00431. The average molecular weight is 460 g/mol. The van der Waals surface area contributed by atoms with Gasteiger partial charge in [0.2, 0.25) is 0 Å². The minimum atomic E-state index is -0.632. The Morgan fingerprint density at radius 2 is 1.42 bits per heavy atom. The normalized spacial score (nSPS) is 15.8. The number of hydrogen-bond acceptors (Lipinski definition) is 6. The summed E-state index contributed by atoms with van der Waals surface area (Å²) in [5.41, 5.74) is 1.20. The van der Waals surface area contributed by atoms with Gasteiger partial charge in [0.15, 0.2) is 11.6 Å². The molecule has 5 rings (SSSR count). The van der Waals surface area contributed by atoms with Gasteiger partial charge in [0, 0.05) is 29.8 Å². The van der Waals surface area contributed by atoms with E-state index in [1.54, 1.807) is 30.0 Å². The highest BCUT2D eigenvalue weighted by Gasteiger charge is 2.36. The number of carbonyl (C=O) groups is 2. The van der Waals surface area contributed by atoms with Gasteiger partial charge in [-0.05, 0) is 50.2 Å². The molecule has 0 N–H and O–H groups in total. The van der Waals surface area contributed by atoms with Crippen LogP contribution in [0.5, 0.6) is 11.5 Å². The molecule has 0 amide bonds. The van der Waals surface area contributed by atoms with Crippen molar-refractivity contribution in [3.8, 4) is 11.5 Å². The highest BCUT2D eigenvalue weighted by molar-refractivity contribution is 7.99. The molecule has 1 saturated heterocycles. The Morgan fingerprint density at radius 1 is 0.818 bits per heavy atom. The van der Waals surface area contributed by atoms with Gasteiger partial charge in [0.1, 0.15) is 11.5 Å². The molecule has 3 aromatic carbocycles. The van der Waals surface area contributed by atoms with Gasteiger partial charge in [-0.3, -0.25) is 14.5 Å². The number of carbonyl (C=O) groups excluding carboxylic acids is 2. The molecule has 5 nitrogen and oxygen atoms in total. The van der Waals surface area contributed by atoms with Crippen molar-refractivity contribution in [2.24, 2.45) is 0 Å². The third-order valence-corrected chi connectivity index (χ3v) is 7.36. The maximum absolute atomic E-state index is 13.4. The molecule has 0 bridgehead atoms. The summed E-state index contributed by atoms with van der Waals surface area (Å²) >= 11 is 1.58. The van der Waals surface area contributed by atoms with E-state index in [0.29, 0.717) is 41.4 Å². The zero-order valence-electron chi connectivity index (χ0n) is 18.7. The van der Waals surface area contributed by atoms with Crippen LogP contribution in [0.3, 0.4) is 0 Å². The lowest BCUT2D eigenvalue weighted by Crippen LogP contribution is -2.54. The van der Waals surface area contributed by atoms with Gasteiger partial charge in [-0.15, -0.1) is 0 Å². The molecule has 2 aliphatic heterocycles. The van der Waals surface area contributed by atoms with Gasteiger partial charge >= 0.3 is 0 Å². The van der Waals surface area contributed by atoms with Crippen LogP contribution in [-0.4, -0.2) is 48.3 Å². The summed E-state index contributed by atoms with van der Waals surface area (Å²) in [7, 11) is 0. The van der Waals surface area contributed by atoms with Crippen LogP contribution in [0.25, 0.3) is 0 Å². The summed E-state index contributed by atoms with van der Waals surface area (Å²) in [6.45, 7) is 6.69. The Hall–Kier alpha value is -2.93. The van der Waals surface area contributed by atoms with Crippen molar-refractivity contribution in [1.29, 1.82) is 0 Å². The zero-order valence-corrected chi connectivity index (χ0v) is 19.5. The van der Waals surface area contributed by atoms with Gasteiger partial charge in [-0.2, -0.15) is 0 Å². The summed E-state index contributed by atoms with van der Waals surface area (Å²) < 4.78 is 11.6. The van der Waals surface area contributed by atoms with Crippen molar-refractivity contribution < 1.29 is 19.1 Å². The largest absolute Gasteiger partial charge is 0.455 e. The van der Waals surface area contributed by atoms with Crippen molar-refractivity contribution in [2.75, 3.05) is 26.3 Å². The van der Waals surface area contributed by atoms with Crippen molar-refractivity contribution in [3.05, 3.63) is 83.4 Å². The van der Waals surface area contributed by atoms with Crippen LogP contribution in [0.1, 0.15) is 40.1 Å². The van der Waals surface area contributed by atoms with E-state index in [4.69, 9.17) is 9.47 Å². The molecule has 0 saturated carbocycles. The van der Waals surface area contributed by atoms with Crippen LogP contribution in [-0.2, 0) is 4.74 Å². The van der Waals surface area contributed by atoms with Gasteiger partial charge in [0.25, 0.3) is 0 Å². The fourth-order valence-corrected chi connectivity index (χ4v) is 5.15. The molecule has 0 spiro atoms. The second-order valence-electron chi connectivity index (χ2n) is 8.71. The second kappa shape index (κ2) is 8.78. The second-order valence-corrected chi connectivity index (χ2v) is 9.79. The minimum absolute atomic E-state index is 0.0472. The van der Waals surface area contributed by atoms with Crippen molar-refractivity contribution >= 4 is 23.3 Å². The van der Waals surface area contributed by atoms with Crippen molar-refractivity contribution in [2.45, 2.75) is 29.2 Å². The number of rotatable bonds is 5. The monoisotopic (exact) mass is 459 g/mol. The minimum Gasteiger partial charge on any atom is -0.455 e. The predicted octanol–water partition coefficient (Wildman–Crippen LogP) is 5.47. The maximum Gasteiger partial charge on any atom is 0.193 e. The van der Waals surface area contributed by atoms with Crippen LogP contribution in [0.2, 0.25) is 0 Å². The molecule has 168 valence electrons. The maximum atomic E-state index is 13.4. The molecule has 0 radical (unpaired) electrons. The van der Waals surface area contributed by atoms with Gasteiger partial charge in [0.05, 0.1) is 28.5 Å². The third kappa shape index (κ3) is 4.22. The molecule has 0 unspecified atom stereocenters. The molecule has 6 heteroatoms. The summed E-state index contributed by atoms with van der Waals surface area (Å²) in [5.74, 6) is 1.28. The fourth-order valence-electron chi connectivity index (χ4n) is 4.24. The smallest absolute Gasteiger partial charge is 0.193 e.